The zero-order valence-electron chi connectivity index (χ0n) is 8.11. The van der Waals surface area contributed by atoms with Crippen molar-refractivity contribution in [2.75, 3.05) is 11.9 Å². The highest BCUT2D eigenvalue weighted by molar-refractivity contribution is 5.62. The molecule has 0 aromatic heterocycles. The van der Waals surface area contributed by atoms with Crippen molar-refractivity contribution in [1.82, 2.24) is 0 Å². The molecule has 0 spiro atoms. The predicted octanol–water partition coefficient (Wildman–Crippen LogP) is 1.53. The molecule has 2 N–H and O–H groups in total. The Labute approximate surface area is 85.7 Å². The van der Waals surface area contributed by atoms with Crippen LogP contribution in [0, 0.1) is 15.9 Å². The van der Waals surface area contributed by atoms with E-state index in [9.17, 15) is 14.5 Å². The van der Waals surface area contributed by atoms with Crippen molar-refractivity contribution in [2.45, 2.75) is 13.0 Å². The van der Waals surface area contributed by atoms with Gasteiger partial charge in [-0.05, 0) is 19.1 Å². The van der Waals surface area contributed by atoms with Crippen molar-refractivity contribution in [3.05, 3.63) is 34.1 Å². The van der Waals surface area contributed by atoms with Crippen LogP contribution in [0.3, 0.4) is 0 Å². The molecule has 1 atom stereocenters. The summed E-state index contributed by atoms with van der Waals surface area (Å²) in [7, 11) is 0. The summed E-state index contributed by atoms with van der Waals surface area (Å²) >= 11 is 0. The zero-order chi connectivity index (χ0) is 11.4. The van der Waals surface area contributed by atoms with Crippen molar-refractivity contribution in [2.24, 2.45) is 0 Å². The van der Waals surface area contributed by atoms with E-state index in [-0.39, 0.29) is 18.3 Å². The second kappa shape index (κ2) is 4.70. The molecule has 0 bridgehead atoms. The van der Waals surface area contributed by atoms with Gasteiger partial charge in [0, 0.05) is 6.04 Å². The highest BCUT2D eigenvalue weighted by Crippen LogP contribution is 2.27. The Morgan fingerprint density at radius 3 is 2.87 bits per heavy atom. The van der Waals surface area contributed by atoms with Gasteiger partial charge in [0.05, 0.1) is 11.5 Å². The predicted molar refractivity (Wildman–Crippen MR) is 53.2 cm³/mol. The third kappa shape index (κ3) is 2.63. The van der Waals surface area contributed by atoms with E-state index in [1.807, 2.05) is 0 Å². The van der Waals surface area contributed by atoms with Crippen molar-refractivity contribution < 1.29 is 14.4 Å². The molecule has 1 aromatic rings. The molecular weight excluding hydrogens is 203 g/mol. The van der Waals surface area contributed by atoms with E-state index in [0.29, 0.717) is 0 Å². The van der Waals surface area contributed by atoms with Crippen LogP contribution >= 0.6 is 0 Å². The molecule has 1 aromatic carbocycles. The molecule has 0 radical (unpaired) electrons. The summed E-state index contributed by atoms with van der Waals surface area (Å²) in [5.74, 6) is -0.893. The molecule has 0 fully saturated rings. The molecule has 0 amide bonds. The Morgan fingerprint density at radius 1 is 1.67 bits per heavy atom. The highest BCUT2D eigenvalue weighted by atomic mass is 19.1. The number of halogens is 1. The van der Waals surface area contributed by atoms with Crippen molar-refractivity contribution >= 4 is 11.4 Å². The van der Waals surface area contributed by atoms with E-state index in [4.69, 9.17) is 5.11 Å². The lowest BCUT2D eigenvalue weighted by Gasteiger charge is -2.12. The molecule has 0 saturated heterocycles. The number of anilines is 1. The first-order chi connectivity index (χ1) is 7.06. The second-order valence-electron chi connectivity index (χ2n) is 3.12. The fourth-order valence-corrected chi connectivity index (χ4v) is 1.13. The summed E-state index contributed by atoms with van der Waals surface area (Å²) < 4.78 is 13.1. The average molecular weight is 214 g/mol. The average Bonchev–Trinajstić information content (AvgIpc) is 2.17. The molecule has 6 heteroatoms. The number of nitro benzene ring substituents is 1. The fourth-order valence-electron chi connectivity index (χ4n) is 1.13. The summed E-state index contributed by atoms with van der Waals surface area (Å²) in [5.41, 5.74) is -0.528. The van der Waals surface area contributed by atoms with Crippen molar-refractivity contribution in [1.29, 1.82) is 0 Å². The molecule has 0 heterocycles. The van der Waals surface area contributed by atoms with Gasteiger partial charge in [-0.15, -0.1) is 0 Å². The lowest BCUT2D eigenvalue weighted by atomic mass is 10.2. The van der Waals surface area contributed by atoms with Gasteiger partial charge in [0.2, 0.25) is 5.82 Å². The number of aliphatic hydroxyl groups is 1. The number of benzene rings is 1. The number of para-hydroxylation sites is 1. The first-order valence-electron chi connectivity index (χ1n) is 4.36. The van der Waals surface area contributed by atoms with Gasteiger partial charge in [0.15, 0.2) is 0 Å². The minimum atomic E-state index is -0.893. The first-order valence-corrected chi connectivity index (χ1v) is 4.36. The molecule has 15 heavy (non-hydrogen) atoms. The second-order valence-corrected chi connectivity index (χ2v) is 3.12. The first kappa shape index (κ1) is 11.4. The molecule has 0 aliphatic rings. The van der Waals surface area contributed by atoms with Gasteiger partial charge in [0.1, 0.15) is 5.69 Å². The molecule has 0 aliphatic heterocycles. The van der Waals surface area contributed by atoms with Gasteiger partial charge in [-0.2, -0.15) is 4.39 Å². The number of hydrogen-bond donors (Lipinski definition) is 2. The molecule has 5 nitrogen and oxygen atoms in total. The summed E-state index contributed by atoms with van der Waals surface area (Å²) in [4.78, 5) is 9.79. The monoisotopic (exact) mass is 214 g/mol. The van der Waals surface area contributed by atoms with Crippen molar-refractivity contribution in [3.63, 3.8) is 0 Å². The minimum absolute atomic E-state index is 0.0709. The summed E-state index contributed by atoms with van der Waals surface area (Å²) in [5, 5.41) is 22.0. The smallest absolute Gasteiger partial charge is 0.327 e. The number of aliphatic hydroxyl groups excluding tert-OH is 1. The normalized spacial score (nSPS) is 12.2. The topological polar surface area (TPSA) is 75.4 Å². The van der Waals surface area contributed by atoms with E-state index >= 15 is 0 Å². The zero-order valence-corrected chi connectivity index (χ0v) is 8.11. The largest absolute Gasteiger partial charge is 0.394 e. The lowest BCUT2D eigenvalue weighted by Crippen LogP contribution is -2.20. The van der Waals surface area contributed by atoms with E-state index < -0.39 is 16.4 Å². The standard InChI is InChI=1S/C9H11FN2O3/c1-6(5-13)11-8-4-2-3-7(10)9(8)12(14)15/h2-4,6,11,13H,5H2,1H3. The number of nitrogens with zero attached hydrogens (tertiary/aromatic N) is 1. The van der Waals surface area contributed by atoms with Crippen LogP contribution in [0.5, 0.6) is 0 Å². The van der Waals surface area contributed by atoms with Gasteiger partial charge in [-0.3, -0.25) is 10.1 Å². The van der Waals surface area contributed by atoms with Crippen molar-refractivity contribution in [3.8, 4) is 0 Å². The maximum atomic E-state index is 13.1. The Balaban J connectivity index is 3.06. The van der Waals surface area contributed by atoms with Crippen LogP contribution in [0.1, 0.15) is 6.92 Å². The summed E-state index contributed by atoms with van der Waals surface area (Å²) in [6.45, 7) is 1.45. The fraction of sp³-hybridized carbons (Fsp3) is 0.333. The van der Waals surface area contributed by atoms with Gasteiger partial charge < -0.3 is 10.4 Å². The molecule has 0 saturated carbocycles. The Morgan fingerprint density at radius 2 is 2.33 bits per heavy atom. The van der Waals surface area contributed by atoms with Gasteiger partial charge in [0.25, 0.3) is 0 Å². The maximum absolute atomic E-state index is 13.1. The Hall–Kier alpha value is -1.69. The van der Waals surface area contributed by atoms with E-state index in [2.05, 4.69) is 5.32 Å². The van der Waals surface area contributed by atoms with Crippen LogP contribution in [0.25, 0.3) is 0 Å². The Bertz CT molecular complexity index is 370. The summed E-state index contributed by atoms with van der Waals surface area (Å²) in [6.07, 6.45) is 0. The Kier molecular flexibility index (Phi) is 3.56. The van der Waals surface area contributed by atoms with Gasteiger partial charge >= 0.3 is 5.69 Å². The number of nitro groups is 1. The van der Waals surface area contributed by atoms with Crippen LogP contribution < -0.4 is 5.32 Å². The summed E-state index contributed by atoms with van der Waals surface area (Å²) in [6, 6.07) is 3.42. The number of nitrogens with one attached hydrogen (secondary N) is 1. The van der Waals surface area contributed by atoms with E-state index in [0.717, 1.165) is 6.07 Å². The molecule has 0 aliphatic carbocycles. The van der Waals surface area contributed by atoms with Crippen LogP contribution in [0.2, 0.25) is 0 Å². The third-order valence-electron chi connectivity index (χ3n) is 1.85. The van der Waals surface area contributed by atoms with E-state index in [1.54, 1.807) is 6.92 Å². The molecule has 1 unspecified atom stereocenters. The van der Waals surface area contributed by atoms with Crippen LogP contribution in [0.15, 0.2) is 18.2 Å². The van der Waals surface area contributed by atoms with Crippen LogP contribution in [-0.4, -0.2) is 22.7 Å². The van der Waals surface area contributed by atoms with Gasteiger partial charge in [-0.25, -0.2) is 0 Å². The van der Waals surface area contributed by atoms with Crippen LogP contribution in [-0.2, 0) is 0 Å². The third-order valence-corrected chi connectivity index (χ3v) is 1.85. The minimum Gasteiger partial charge on any atom is -0.394 e. The van der Waals surface area contributed by atoms with Crippen LogP contribution in [0.4, 0.5) is 15.8 Å². The lowest BCUT2D eigenvalue weighted by molar-refractivity contribution is -0.386. The van der Waals surface area contributed by atoms with E-state index in [1.165, 1.54) is 12.1 Å². The SMILES string of the molecule is CC(CO)Nc1cccc(F)c1[N+](=O)[O-]. The molecule has 1 rings (SSSR count). The number of hydrogen-bond acceptors (Lipinski definition) is 4. The molecular formula is C9H11FN2O3. The quantitative estimate of drug-likeness (QED) is 0.588. The van der Waals surface area contributed by atoms with Gasteiger partial charge in [-0.1, -0.05) is 6.07 Å². The highest BCUT2D eigenvalue weighted by Gasteiger charge is 2.20. The molecule has 82 valence electrons. The maximum Gasteiger partial charge on any atom is 0.327 e. The number of rotatable bonds is 4.